The van der Waals surface area contributed by atoms with E-state index in [1.807, 2.05) is 0 Å². The second-order valence-corrected chi connectivity index (χ2v) is 6.12. The van der Waals surface area contributed by atoms with Crippen LogP contribution in [0.2, 0.25) is 0 Å². The van der Waals surface area contributed by atoms with Crippen LogP contribution in [-0.4, -0.2) is 35.0 Å². The number of rotatable bonds is 8. The number of benzene rings is 1. The Bertz CT molecular complexity index is 745. The molecule has 0 fully saturated rings. The number of carbonyl (C=O) groups is 2. The summed E-state index contributed by atoms with van der Waals surface area (Å²) in [6.45, 7) is 7.05. The molecule has 7 nitrogen and oxygen atoms in total. The van der Waals surface area contributed by atoms with Crippen molar-refractivity contribution in [1.82, 2.24) is 9.97 Å². The van der Waals surface area contributed by atoms with Gasteiger partial charge in [0.25, 0.3) is 5.91 Å². The van der Waals surface area contributed by atoms with E-state index >= 15 is 0 Å². The van der Waals surface area contributed by atoms with Crippen molar-refractivity contribution >= 4 is 23.5 Å². The Morgan fingerprint density at radius 3 is 2.50 bits per heavy atom. The molecule has 26 heavy (non-hydrogen) atoms. The monoisotopic (exact) mass is 356 g/mol. The standard InChI is InChI=1S/C19H24N4O3/c1-4-26-18(25)15-7-5-6-8-16(15)23-17(24)14-11-21-19(22-12-14)20-10-9-13(2)3/h5-8,11-13H,4,9-10H2,1-3H3,(H,23,24)(H,20,21,22). The molecule has 2 N–H and O–H groups in total. The fourth-order valence-electron chi connectivity index (χ4n) is 2.18. The number of ether oxygens (including phenoxy) is 1. The third-order valence-corrected chi connectivity index (χ3v) is 3.59. The van der Waals surface area contributed by atoms with E-state index in [0.29, 0.717) is 28.7 Å². The van der Waals surface area contributed by atoms with E-state index in [9.17, 15) is 9.59 Å². The maximum absolute atomic E-state index is 12.4. The van der Waals surface area contributed by atoms with Gasteiger partial charge in [0, 0.05) is 18.9 Å². The summed E-state index contributed by atoms with van der Waals surface area (Å²) in [5, 5.41) is 5.82. The van der Waals surface area contributed by atoms with Crippen LogP contribution < -0.4 is 10.6 Å². The van der Waals surface area contributed by atoms with Crippen molar-refractivity contribution in [3.05, 3.63) is 47.8 Å². The number of hydrogen-bond acceptors (Lipinski definition) is 6. The highest BCUT2D eigenvalue weighted by Crippen LogP contribution is 2.17. The Kier molecular flexibility index (Phi) is 7.08. The molecule has 0 radical (unpaired) electrons. The van der Waals surface area contributed by atoms with Gasteiger partial charge in [-0.15, -0.1) is 0 Å². The van der Waals surface area contributed by atoms with Crippen LogP contribution in [0.1, 0.15) is 47.9 Å². The van der Waals surface area contributed by atoms with Crippen molar-refractivity contribution in [1.29, 1.82) is 0 Å². The van der Waals surface area contributed by atoms with E-state index in [1.165, 1.54) is 12.4 Å². The molecule has 0 bridgehead atoms. The van der Waals surface area contributed by atoms with Crippen molar-refractivity contribution in [3.8, 4) is 0 Å². The van der Waals surface area contributed by atoms with Gasteiger partial charge in [0.15, 0.2) is 0 Å². The number of esters is 1. The summed E-state index contributed by atoms with van der Waals surface area (Å²) in [6.07, 6.45) is 3.91. The first kappa shape index (κ1) is 19.4. The average Bonchev–Trinajstić information content (AvgIpc) is 2.62. The summed E-state index contributed by atoms with van der Waals surface area (Å²) in [5.74, 6) is 0.195. The predicted molar refractivity (Wildman–Crippen MR) is 100 cm³/mol. The quantitative estimate of drug-likeness (QED) is 0.705. The fourth-order valence-corrected chi connectivity index (χ4v) is 2.18. The lowest BCUT2D eigenvalue weighted by atomic mass is 10.1. The molecule has 2 rings (SSSR count). The highest BCUT2D eigenvalue weighted by atomic mass is 16.5. The Morgan fingerprint density at radius 2 is 1.85 bits per heavy atom. The van der Waals surface area contributed by atoms with Gasteiger partial charge in [-0.2, -0.15) is 0 Å². The minimum Gasteiger partial charge on any atom is -0.462 e. The number of amides is 1. The van der Waals surface area contributed by atoms with Crippen LogP contribution in [0.5, 0.6) is 0 Å². The highest BCUT2D eigenvalue weighted by molar-refractivity contribution is 6.07. The second-order valence-electron chi connectivity index (χ2n) is 6.12. The van der Waals surface area contributed by atoms with Crippen LogP contribution in [0.4, 0.5) is 11.6 Å². The van der Waals surface area contributed by atoms with Crippen LogP contribution in [0, 0.1) is 5.92 Å². The number of aromatic nitrogens is 2. The molecule has 1 aromatic heterocycles. The van der Waals surface area contributed by atoms with Crippen LogP contribution >= 0.6 is 0 Å². The third-order valence-electron chi connectivity index (χ3n) is 3.59. The van der Waals surface area contributed by atoms with Gasteiger partial charge in [0.2, 0.25) is 5.95 Å². The summed E-state index contributed by atoms with van der Waals surface area (Å²) < 4.78 is 5.00. The molecule has 0 aliphatic carbocycles. The van der Waals surface area contributed by atoms with Gasteiger partial charge in [0.05, 0.1) is 23.4 Å². The fraction of sp³-hybridized carbons (Fsp3) is 0.368. The number of hydrogen-bond donors (Lipinski definition) is 2. The third kappa shape index (κ3) is 5.54. The summed E-state index contributed by atoms with van der Waals surface area (Å²) in [6, 6.07) is 6.69. The molecule has 0 unspecified atom stereocenters. The SMILES string of the molecule is CCOC(=O)c1ccccc1NC(=O)c1cnc(NCCC(C)C)nc1. The van der Waals surface area contributed by atoms with E-state index in [4.69, 9.17) is 4.74 Å². The highest BCUT2D eigenvalue weighted by Gasteiger charge is 2.15. The average molecular weight is 356 g/mol. The van der Waals surface area contributed by atoms with Gasteiger partial charge < -0.3 is 15.4 Å². The molecule has 1 heterocycles. The molecular weight excluding hydrogens is 332 g/mol. The van der Waals surface area contributed by atoms with E-state index in [-0.39, 0.29) is 6.61 Å². The van der Waals surface area contributed by atoms with E-state index in [0.717, 1.165) is 13.0 Å². The van der Waals surface area contributed by atoms with Gasteiger partial charge in [-0.05, 0) is 31.4 Å². The number of nitrogens with one attached hydrogen (secondary N) is 2. The Hall–Kier alpha value is -2.96. The first-order valence-electron chi connectivity index (χ1n) is 8.64. The molecule has 1 amide bonds. The van der Waals surface area contributed by atoms with Gasteiger partial charge in [-0.25, -0.2) is 14.8 Å². The molecule has 0 saturated carbocycles. The zero-order valence-electron chi connectivity index (χ0n) is 15.3. The first-order valence-corrected chi connectivity index (χ1v) is 8.64. The number of anilines is 2. The lowest BCUT2D eigenvalue weighted by Crippen LogP contribution is -2.17. The van der Waals surface area contributed by atoms with Crippen molar-refractivity contribution in [3.63, 3.8) is 0 Å². The number of para-hydroxylation sites is 1. The van der Waals surface area contributed by atoms with E-state index < -0.39 is 11.9 Å². The lowest BCUT2D eigenvalue weighted by Gasteiger charge is -2.10. The van der Waals surface area contributed by atoms with Crippen LogP contribution in [0.25, 0.3) is 0 Å². The molecule has 0 spiro atoms. The van der Waals surface area contributed by atoms with Crippen molar-refractivity contribution in [2.75, 3.05) is 23.8 Å². The second kappa shape index (κ2) is 9.50. The molecule has 0 atom stereocenters. The largest absolute Gasteiger partial charge is 0.462 e. The Labute approximate surface area is 153 Å². The van der Waals surface area contributed by atoms with Crippen LogP contribution in [0.15, 0.2) is 36.7 Å². The topological polar surface area (TPSA) is 93.2 Å². The molecule has 0 saturated heterocycles. The van der Waals surface area contributed by atoms with Gasteiger partial charge in [-0.3, -0.25) is 4.79 Å². The molecule has 0 aliphatic rings. The van der Waals surface area contributed by atoms with E-state index in [2.05, 4.69) is 34.4 Å². The van der Waals surface area contributed by atoms with Crippen molar-refractivity contribution in [2.24, 2.45) is 5.92 Å². The molecule has 1 aromatic carbocycles. The molecule has 0 aliphatic heterocycles. The van der Waals surface area contributed by atoms with Gasteiger partial charge in [-0.1, -0.05) is 26.0 Å². The summed E-state index contributed by atoms with van der Waals surface area (Å²) >= 11 is 0. The minimum atomic E-state index is -0.482. The Balaban J connectivity index is 2.03. The zero-order valence-corrected chi connectivity index (χ0v) is 15.3. The predicted octanol–water partition coefficient (Wildman–Crippen LogP) is 3.36. The maximum atomic E-state index is 12.4. The Morgan fingerprint density at radius 1 is 1.15 bits per heavy atom. The van der Waals surface area contributed by atoms with Gasteiger partial charge in [0.1, 0.15) is 0 Å². The lowest BCUT2D eigenvalue weighted by molar-refractivity contribution is 0.0527. The molecular formula is C19H24N4O3. The van der Waals surface area contributed by atoms with Crippen molar-refractivity contribution in [2.45, 2.75) is 27.2 Å². The smallest absolute Gasteiger partial charge is 0.340 e. The normalized spacial score (nSPS) is 10.5. The van der Waals surface area contributed by atoms with Gasteiger partial charge >= 0.3 is 5.97 Å². The summed E-state index contributed by atoms with van der Waals surface area (Å²) in [4.78, 5) is 32.7. The molecule has 2 aromatic rings. The van der Waals surface area contributed by atoms with Crippen molar-refractivity contribution < 1.29 is 14.3 Å². The zero-order chi connectivity index (χ0) is 18.9. The number of carbonyl (C=O) groups excluding carboxylic acids is 2. The van der Waals surface area contributed by atoms with Crippen LogP contribution in [0.3, 0.4) is 0 Å². The van der Waals surface area contributed by atoms with Crippen LogP contribution in [-0.2, 0) is 4.74 Å². The first-order chi connectivity index (χ1) is 12.5. The van der Waals surface area contributed by atoms with E-state index in [1.54, 1.807) is 31.2 Å². The number of nitrogens with zero attached hydrogens (tertiary/aromatic N) is 2. The molecule has 138 valence electrons. The minimum absolute atomic E-state index is 0.264. The maximum Gasteiger partial charge on any atom is 0.340 e. The summed E-state index contributed by atoms with van der Waals surface area (Å²) in [5.41, 5.74) is 0.990. The molecule has 7 heteroatoms. The summed E-state index contributed by atoms with van der Waals surface area (Å²) in [7, 11) is 0.